The summed E-state index contributed by atoms with van der Waals surface area (Å²) >= 11 is 0. The second-order valence-corrected chi connectivity index (χ2v) is 3.90. The van der Waals surface area contributed by atoms with Crippen molar-refractivity contribution in [3.63, 3.8) is 0 Å². The van der Waals surface area contributed by atoms with E-state index in [1.54, 1.807) is 0 Å². The third-order valence-electron chi connectivity index (χ3n) is 2.68. The van der Waals surface area contributed by atoms with E-state index >= 15 is 0 Å². The molecule has 1 heteroatoms. The lowest BCUT2D eigenvalue weighted by Gasteiger charge is -2.09. The Bertz CT molecular complexity index is 476. The molecule has 0 bridgehead atoms. The Hall–Kier alpha value is -2.02. The molecule has 0 saturated heterocycles. The summed E-state index contributed by atoms with van der Waals surface area (Å²) in [6.45, 7) is 0. The van der Waals surface area contributed by atoms with Gasteiger partial charge in [0.2, 0.25) is 0 Å². The molecule has 17 heavy (non-hydrogen) atoms. The van der Waals surface area contributed by atoms with Crippen LogP contribution in [0.25, 0.3) is 5.57 Å². The summed E-state index contributed by atoms with van der Waals surface area (Å²) in [5, 5.41) is 3.13. The Balaban J connectivity index is 2.37. The van der Waals surface area contributed by atoms with E-state index in [4.69, 9.17) is 0 Å². The van der Waals surface area contributed by atoms with Gasteiger partial charge in [-0.05, 0) is 17.6 Å². The molecule has 1 N–H and O–H groups in total. The van der Waals surface area contributed by atoms with Gasteiger partial charge in [0.05, 0.1) is 0 Å². The number of hydrogen-bond donors (Lipinski definition) is 1. The molecule has 0 heterocycles. The van der Waals surface area contributed by atoms with Crippen molar-refractivity contribution in [2.75, 3.05) is 7.05 Å². The topological polar surface area (TPSA) is 12.0 Å². The van der Waals surface area contributed by atoms with E-state index in [-0.39, 0.29) is 0 Å². The summed E-state index contributed by atoms with van der Waals surface area (Å²) in [5.41, 5.74) is 3.73. The maximum atomic E-state index is 3.13. The number of hydrogen-bond acceptors (Lipinski definition) is 1. The van der Waals surface area contributed by atoms with Gasteiger partial charge in [-0.15, -0.1) is 0 Å². The summed E-state index contributed by atoms with van der Waals surface area (Å²) in [6.07, 6.45) is 13.8. The van der Waals surface area contributed by atoms with Gasteiger partial charge in [0.25, 0.3) is 0 Å². The Kier molecular flexibility index (Phi) is 3.98. The minimum atomic E-state index is 0.982. The average molecular weight is 223 g/mol. The maximum Gasteiger partial charge on any atom is 0.00472 e. The molecule has 0 atom stereocenters. The number of rotatable bonds is 3. The summed E-state index contributed by atoms with van der Waals surface area (Å²) in [6, 6.07) is 10.4. The quantitative estimate of drug-likeness (QED) is 0.824. The van der Waals surface area contributed by atoms with E-state index in [0.717, 1.165) is 6.42 Å². The van der Waals surface area contributed by atoms with Gasteiger partial charge in [0.15, 0.2) is 0 Å². The molecule has 1 aromatic rings. The van der Waals surface area contributed by atoms with Crippen LogP contribution in [0.15, 0.2) is 72.5 Å². The molecule has 1 aromatic carbocycles. The van der Waals surface area contributed by atoms with Crippen LogP contribution in [0.2, 0.25) is 0 Å². The standard InChI is InChI=1S/C16H17N/c1-17-13-16(15-11-7-4-8-12-15)14-9-5-2-3-6-10-14/h2-5,7-13,17H,6H2,1H3/b16-13-. The molecule has 0 spiro atoms. The van der Waals surface area contributed by atoms with Crippen LogP contribution in [-0.2, 0) is 0 Å². The SMILES string of the molecule is CN/C=C(/C1=CCC=CC=C1)c1ccccc1. The fourth-order valence-corrected chi connectivity index (χ4v) is 1.87. The van der Waals surface area contributed by atoms with Crippen LogP contribution in [0.1, 0.15) is 12.0 Å². The zero-order valence-corrected chi connectivity index (χ0v) is 10.1. The lowest BCUT2D eigenvalue weighted by molar-refractivity contribution is 1.10. The second kappa shape index (κ2) is 5.90. The van der Waals surface area contributed by atoms with Gasteiger partial charge in [-0.25, -0.2) is 0 Å². The third-order valence-corrected chi connectivity index (χ3v) is 2.68. The Morgan fingerprint density at radius 2 is 2.00 bits per heavy atom. The van der Waals surface area contributed by atoms with E-state index in [1.807, 2.05) is 13.1 Å². The van der Waals surface area contributed by atoms with Crippen molar-refractivity contribution in [2.45, 2.75) is 6.42 Å². The first-order valence-electron chi connectivity index (χ1n) is 5.88. The summed E-state index contributed by atoms with van der Waals surface area (Å²) in [4.78, 5) is 0. The number of benzene rings is 1. The molecule has 0 unspecified atom stereocenters. The first-order valence-corrected chi connectivity index (χ1v) is 5.88. The van der Waals surface area contributed by atoms with E-state index in [2.05, 4.69) is 66.2 Å². The van der Waals surface area contributed by atoms with Crippen molar-refractivity contribution in [1.29, 1.82) is 0 Å². The largest absolute Gasteiger partial charge is 0.393 e. The number of nitrogens with one attached hydrogen (secondary N) is 1. The van der Waals surface area contributed by atoms with Crippen molar-refractivity contribution in [1.82, 2.24) is 5.32 Å². The van der Waals surface area contributed by atoms with Gasteiger partial charge in [-0.1, -0.05) is 60.7 Å². The van der Waals surface area contributed by atoms with Crippen LogP contribution in [0.3, 0.4) is 0 Å². The molecule has 1 aliphatic carbocycles. The summed E-state index contributed by atoms with van der Waals surface area (Å²) < 4.78 is 0. The minimum Gasteiger partial charge on any atom is -0.393 e. The Morgan fingerprint density at radius 1 is 1.18 bits per heavy atom. The van der Waals surface area contributed by atoms with E-state index in [9.17, 15) is 0 Å². The van der Waals surface area contributed by atoms with Gasteiger partial charge in [0, 0.05) is 18.8 Å². The summed E-state index contributed by atoms with van der Waals surface area (Å²) in [7, 11) is 1.93. The lowest BCUT2D eigenvalue weighted by atomic mass is 9.98. The number of allylic oxidation sites excluding steroid dienone is 7. The molecule has 0 aliphatic heterocycles. The first kappa shape index (κ1) is 11.5. The molecule has 86 valence electrons. The second-order valence-electron chi connectivity index (χ2n) is 3.90. The molecule has 1 aliphatic rings. The lowest BCUT2D eigenvalue weighted by Crippen LogP contribution is -1.98. The molecule has 0 saturated carbocycles. The van der Waals surface area contributed by atoms with Crippen molar-refractivity contribution in [2.24, 2.45) is 0 Å². The van der Waals surface area contributed by atoms with Crippen molar-refractivity contribution in [3.05, 3.63) is 78.0 Å². The van der Waals surface area contributed by atoms with Crippen LogP contribution < -0.4 is 5.32 Å². The van der Waals surface area contributed by atoms with Crippen molar-refractivity contribution >= 4 is 5.57 Å². The van der Waals surface area contributed by atoms with Gasteiger partial charge in [-0.3, -0.25) is 0 Å². The van der Waals surface area contributed by atoms with E-state index in [0.29, 0.717) is 0 Å². The molecular weight excluding hydrogens is 206 g/mol. The van der Waals surface area contributed by atoms with Crippen LogP contribution in [0, 0.1) is 0 Å². The van der Waals surface area contributed by atoms with Gasteiger partial charge in [0.1, 0.15) is 0 Å². The molecule has 2 rings (SSSR count). The fraction of sp³-hybridized carbons (Fsp3) is 0.125. The molecule has 0 radical (unpaired) electrons. The van der Waals surface area contributed by atoms with E-state index in [1.165, 1.54) is 16.7 Å². The normalized spacial score (nSPS) is 15.4. The van der Waals surface area contributed by atoms with Crippen molar-refractivity contribution in [3.8, 4) is 0 Å². The average Bonchev–Trinajstić information content (AvgIpc) is 2.66. The molecule has 1 nitrogen and oxygen atoms in total. The Morgan fingerprint density at radius 3 is 2.76 bits per heavy atom. The maximum absolute atomic E-state index is 3.13. The highest BCUT2D eigenvalue weighted by Crippen LogP contribution is 2.24. The molecule has 0 amide bonds. The molecular formula is C16H17N. The highest BCUT2D eigenvalue weighted by Gasteiger charge is 2.05. The monoisotopic (exact) mass is 223 g/mol. The molecule has 0 aromatic heterocycles. The van der Waals surface area contributed by atoms with Crippen LogP contribution >= 0.6 is 0 Å². The van der Waals surface area contributed by atoms with Crippen LogP contribution in [0.5, 0.6) is 0 Å². The third kappa shape index (κ3) is 2.97. The molecule has 0 fully saturated rings. The van der Waals surface area contributed by atoms with Crippen LogP contribution in [-0.4, -0.2) is 7.05 Å². The van der Waals surface area contributed by atoms with Gasteiger partial charge >= 0.3 is 0 Å². The highest BCUT2D eigenvalue weighted by molar-refractivity contribution is 5.81. The fourth-order valence-electron chi connectivity index (χ4n) is 1.87. The Labute approximate surface area is 103 Å². The summed E-state index contributed by atoms with van der Waals surface area (Å²) in [5.74, 6) is 0. The minimum absolute atomic E-state index is 0.982. The van der Waals surface area contributed by atoms with Gasteiger partial charge in [-0.2, -0.15) is 0 Å². The first-order chi connectivity index (χ1) is 8.42. The van der Waals surface area contributed by atoms with E-state index < -0.39 is 0 Å². The highest BCUT2D eigenvalue weighted by atomic mass is 14.8. The zero-order chi connectivity index (χ0) is 11.9. The predicted octanol–water partition coefficient (Wildman–Crippen LogP) is 3.69. The van der Waals surface area contributed by atoms with Gasteiger partial charge < -0.3 is 5.32 Å². The van der Waals surface area contributed by atoms with Crippen molar-refractivity contribution < 1.29 is 0 Å². The predicted molar refractivity (Wildman–Crippen MR) is 74.5 cm³/mol. The smallest absolute Gasteiger partial charge is 0.00472 e. The zero-order valence-electron chi connectivity index (χ0n) is 10.1. The van der Waals surface area contributed by atoms with Crippen LogP contribution in [0.4, 0.5) is 0 Å².